The molecule has 11 heteroatoms. The summed E-state index contributed by atoms with van der Waals surface area (Å²) < 4.78 is 47.9. The first-order valence-electron chi connectivity index (χ1n) is 11.9. The Balaban J connectivity index is 1.42. The molecule has 2 aliphatic rings. The number of methoxy groups -OCH3 is 1. The first kappa shape index (κ1) is 24.8. The predicted octanol–water partition coefficient (Wildman–Crippen LogP) is 5.00. The number of aryl methyl sites for hydroxylation is 2. The normalized spacial score (nSPS) is 21.8. The van der Waals surface area contributed by atoms with Crippen LogP contribution in [0, 0.1) is 6.92 Å². The van der Waals surface area contributed by atoms with E-state index in [9.17, 15) is 18.0 Å². The molecule has 5 rings (SSSR count). The first-order valence-corrected chi connectivity index (χ1v) is 11.9. The highest BCUT2D eigenvalue weighted by atomic mass is 19.4. The maximum atomic E-state index is 13.5. The molecule has 0 fully saturated rings. The quantitative estimate of drug-likeness (QED) is 0.482. The van der Waals surface area contributed by atoms with E-state index in [1.165, 1.54) is 5.01 Å². The number of halogens is 3. The van der Waals surface area contributed by atoms with Crippen LogP contribution in [-0.4, -0.2) is 52.9 Å². The third-order valence-corrected chi connectivity index (χ3v) is 6.95. The molecule has 0 aliphatic carbocycles. The third-order valence-electron chi connectivity index (χ3n) is 6.95. The Hall–Kier alpha value is -3.89. The van der Waals surface area contributed by atoms with Gasteiger partial charge in [0.1, 0.15) is 29.7 Å². The molecule has 0 saturated heterocycles. The highest BCUT2D eigenvalue weighted by molar-refractivity contribution is 5.98. The van der Waals surface area contributed by atoms with Crippen molar-refractivity contribution in [1.82, 2.24) is 14.6 Å². The van der Waals surface area contributed by atoms with E-state index in [2.05, 4.69) is 15.3 Å². The molecule has 0 saturated carbocycles. The van der Waals surface area contributed by atoms with Gasteiger partial charge in [0, 0.05) is 18.1 Å². The van der Waals surface area contributed by atoms with Crippen molar-refractivity contribution in [3.8, 4) is 11.4 Å². The number of aromatic nitrogens is 2. The number of anilines is 1. The second-order valence-electron chi connectivity index (χ2n) is 9.51. The minimum absolute atomic E-state index is 0.242. The number of hydrogen-bond donors (Lipinski definition) is 0. The number of carbonyl (C=O) groups excluding carboxylic acids is 1. The van der Waals surface area contributed by atoms with E-state index in [0.717, 1.165) is 22.0 Å². The molecule has 0 spiro atoms. The molecule has 194 valence electrons. The minimum atomic E-state index is -4.54. The molecule has 8 nitrogen and oxygen atoms in total. The van der Waals surface area contributed by atoms with Gasteiger partial charge >= 0.3 is 6.18 Å². The maximum Gasteiger partial charge on any atom is 0.406 e. The number of ether oxygens (including phenoxy) is 1. The zero-order valence-electron chi connectivity index (χ0n) is 20.7. The topological polar surface area (TPSA) is 75.3 Å². The Morgan fingerprint density at radius 1 is 1.16 bits per heavy atom. The van der Waals surface area contributed by atoms with Gasteiger partial charge in [-0.15, -0.1) is 0 Å². The van der Waals surface area contributed by atoms with Gasteiger partial charge in [-0.1, -0.05) is 29.5 Å². The number of nitrogens with zero attached hydrogens (tertiary/aromatic N) is 6. The summed E-state index contributed by atoms with van der Waals surface area (Å²) in [7, 11) is 1.58. The molecule has 0 N–H and O–H groups in total. The van der Waals surface area contributed by atoms with Gasteiger partial charge in [-0.2, -0.15) is 18.3 Å². The molecular weight excluding hydrogens is 485 g/mol. The Morgan fingerprint density at radius 3 is 2.65 bits per heavy atom. The number of imidazole rings is 1. The van der Waals surface area contributed by atoms with Crippen LogP contribution in [0.3, 0.4) is 0 Å². The van der Waals surface area contributed by atoms with Crippen molar-refractivity contribution in [2.75, 3.05) is 25.1 Å². The Kier molecular flexibility index (Phi) is 6.17. The van der Waals surface area contributed by atoms with Gasteiger partial charge in [0.2, 0.25) is 0 Å². The fraction of sp³-hybridized carbons (Fsp3) is 0.385. The molecule has 1 amide bonds. The highest BCUT2D eigenvalue weighted by Crippen LogP contribution is 2.39. The summed E-state index contributed by atoms with van der Waals surface area (Å²) >= 11 is 0. The van der Waals surface area contributed by atoms with Crippen LogP contribution in [0.5, 0.6) is 5.75 Å². The van der Waals surface area contributed by atoms with E-state index in [-0.39, 0.29) is 6.54 Å². The second-order valence-corrected chi connectivity index (χ2v) is 9.51. The molecule has 0 bridgehead atoms. The summed E-state index contributed by atoms with van der Waals surface area (Å²) in [5.41, 5.74) is 1.81. The monoisotopic (exact) mass is 512 g/mol. The third kappa shape index (κ3) is 4.65. The van der Waals surface area contributed by atoms with Crippen molar-refractivity contribution in [1.29, 1.82) is 0 Å². The van der Waals surface area contributed by atoms with Crippen molar-refractivity contribution in [3.63, 3.8) is 0 Å². The van der Waals surface area contributed by atoms with Crippen LogP contribution < -0.4 is 9.64 Å². The van der Waals surface area contributed by atoms with Crippen LogP contribution in [0.15, 0.2) is 65.2 Å². The standard InChI is InChI=1S/C26H27F3N6O2/c1-17-30-12-13-33(17)21-11-9-19(14-23(21)37-3)25(2)15-35(32-31-25)22-10-8-18-6-4-5-7-20(18)34(24(22)36)16-26(27,28)29/h4-7,9,11-14,22H,8,10,15-16H2,1-3H3. The van der Waals surface area contributed by atoms with Crippen molar-refractivity contribution >= 4 is 11.6 Å². The number of hydrogen-bond acceptors (Lipinski definition) is 6. The van der Waals surface area contributed by atoms with E-state index in [1.54, 1.807) is 37.6 Å². The van der Waals surface area contributed by atoms with Gasteiger partial charge in [-0.3, -0.25) is 9.80 Å². The number of benzene rings is 2. The summed E-state index contributed by atoms with van der Waals surface area (Å²) in [5.74, 6) is 0.792. The Labute approximate surface area is 212 Å². The Morgan fingerprint density at radius 2 is 1.95 bits per heavy atom. The van der Waals surface area contributed by atoms with Crippen LogP contribution in [0.4, 0.5) is 18.9 Å². The SMILES string of the molecule is COc1cc(C2(C)CN(C3CCc4ccccc4N(CC(F)(F)F)C3=O)N=N2)ccc1-n1ccnc1C. The maximum absolute atomic E-state index is 13.5. The van der Waals surface area contributed by atoms with E-state index < -0.39 is 30.2 Å². The zero-order valence-corrected chi connectivity index (χ0v) is 20.7. The summed E-state index contributed by atoms with van der Waals surface area (Å²) in [6.07, 6.45) is -0.201. The lowest BCUT2D eigenvalue weighted by Gasteiger charge is -2.31. The van der Waals surface area contributed by atoms with Gasteiger partial charge < -0.3 is 14.2 Å². The van der Waals surface area contributed by atoms with E-state index in [1.807, 2.05) is 42.8 Å². The van der Waals surface area contributed by atoms with Gasteiger partial charge in [-0.05, 0) is 56.0 Å². The lowest BCUT2D eigenvalue weighted by atomic mass is 9.92. The van der Waals surface area contributed by atoms with Crippen molar-refractivity contribution in [2.45, 2.75) is 44.4 Å². The number of carbonyl (C=O) groups is 1. The number of fused-ring (bicyclic) bond motifs is 1. The average molecular weight is 513 g/mol. The number of alkyl halides is 3. The summed E-state index contributed by atoms with van der Waals surface area (Å²) in [5, 5.41) is 10.3. The molecule has 2 aromatic carbocycles. The fourth-order valence-corrected chi connectivity index (χ4v) is 5.02. The molecule has 3 heterocycles. The second kappa shape index (κ2) is 9.20. The lowest BCUT2D eigenvalue weighted by Crippen LogP contribution is -2.49. The van der Waals surface area contributed by atoms with Crippen LogP contribution in [0.25, 0.3) is 5.69 Å². The molecule has 2 unspecified atom stereocenters. The van der Waals surface area contributed by atoms with Gasteiger partial charge in [0.05, 0.1) is 19.3 Å². The predicted molar refractivity (Wildman–Crippen MR) is 131 cm³/mol. The van der Waals surface area contributed by atoms with E-state index >= 15 is 0 Å². The molecular formula is C26H27F3N6O2. The fourth-order valence-electron chi connectivity index (χ4n) is 5.02. The highest BCUT2D eigenvalue weighted by Gasteiger charge is 2.44. The molecule has 2 atom stereocenters. The largest absolute Gasteiger partial charge is 0.495 e. The lowest BCUT2D eigenvalue weighted by molar-refractivity contribution is -0.135. The summed E-state index contributed by atoms with van der Waals surface area (Å²) in [4.78, 5) is 18.6. The smallest absolute Gasteiger partial charge is 0.406 e. The van der Waals surface area contributed by atoms with Crippen LogP contribution in [0.1, 0.15) is 30.3 Å². The van der Waals surface area contributed by atoms with Gasteiger partial charge in [-0.25, -0.2) is 4.98 Å². The van der Waals surface area contributed by atoms with Gasteiger partial charge in [0.25, 0.3) is 5.91 Å². The number of para-hydroxylation sites is 1. The van der Waals surface area contributed by atoms with Crippen LogP contribution in [0.2, 0.25) is 0 Å². The first-order chi connectivity index (χ1) is 17.6. The molecule has 3 aromatic rings. The zero-order chi connectivity index (χ0) is 26.4. The van der Waals surface area contributed by atoms with Gasteiger partial charge in [0.15, 0.2) is 0 Å². The molecule has 2 aliphatic heterocycles. The number of rotatable bonds is 5. The van der Waals surface area contributed by atoms with Crippen molar-refractivity contribution in [2.24, 2.45) is 10.3 Å². The molecule has 37 heavy (non-hydrogen) atoms. The molecule has 0 radical (unpaired) electrons. The minimum Gasteiger partial charge on any atom is -0.495 e. The summed E-state index contributed by atoms with van der Waals surface area (Å²) in [6, 6.07) is 11.6. The Bertz CT molecular complexity index is 1350. The van der Waals surface area contributed by atoms with Crippen LogP contribution >= 0.6 is 0 Å². The number of amides is 1. The molecule has 1 aromatic heterocycles. The van der Waals surface area contributed by atoms with Crippen molar-refractivity contribution in [3.05, 3.63) is 71.8 Å². The van der Waals surface area contributed by atoms with Crippen molar-refractivity contribution < 1.29 is 22.7 Å². The van der Waals surface area contributed by atoms with Crippen LogP contribution in [-0.2, 0) is 16.8 Å². The van der Waals surface area contributed by atoms with E-state index in [0.29, 0.717) is 29.8 Å². The van der Waals surface area contributed by atoms with E-state index in [4.69, 9.17) is 4.74 Å². The summed E-state index contributed by atoms with van der Waals surface area (Å²) in [6.45, 7) is 2.67. The average Bonchev–Trinajstić information content (AvgIpc) is 3.45.